The van der Waals surface area contributed by atoms with Crippen molar-refractivity contribution in [2.75, 3.05) is 18.1 Å². The normalized spacial score (nSPS) is 22.3. The Labute approximate surface area is 115 Å². The second-order valence-electron chi connectivity index (χ2n) is 4.80. The maximum absolute atomic E-state index is 13.2. The Morgan fingerprint density at radius 2 is 2.20 bits per heavy atom. The molecule has 0 aromatic carbocycles. The van der Waals surface area contributed by atoms with Crippen molar-refractivity contribution in [1.29, 1.82) is 0 Å². The highest BCUT2D eigenvalue weighted by atomic mass is 32.2. The van der Waals surface area contributed by atoms with Gasteiger partial charge in [-0.1, -0.05) is 6.92 Å². The van der Waals surface area contributed by atoms with Crippen LogP contribution in [0.4, 0.5) is 13.2 Å². The monoisotopic (exact) mass is 311 g/mol. The summed E-state index contributed by atoms with van der Waals surface area (Å²) in [6, 6.07) is -0.730. The van der Waals surface area contributed by atoms with Gasteiger partial charge in [-0.3, -0.25) is 4.68 Å². The fraction of sp³-hybridized carbons (Fsp3) is 0.727. The predicted molar refractivity (Wildman–Crippen MR) is 66.9 cm³/mol. The first kappa shape index (κ1) is 15.3. The van der Waals surface area contributed by atoms with E-state index < -0.39 is 27.7 Å². The lowest BCUT2D eigenvalue weighted by molar-refractivity contribution is -0.145. The summed E-state index contributed by atoms with van der Waals surface area (Å²) in [7, 11) is -3.26. The Balaban J connectivity index is 2.36. The van der Waals surface area contributed by atoms with Crippen molar-refractivity contribution in [1.82, 2.24) is 15.1 Å². The van der Waals surface area contributed by atoms with E-state index in [1.165, 1.54) is 0 Å². The molecule has 0 bridgehead atoms. The van der Waals surface area contributed by atoms with Gasteiger partial charge in [0.15, 0.2) is 9.84 Å². The molecule has 114 valence electrons. The summed E-state index contributed by atoms with van der Waals surface area (Å²) >= 11 is 0. The van der Waals surface area contributed by atoms with Crippen LogP contribution in [0, 0.1) is 0 Å². The number of hydrogen-bond donors (Lipinski definition) is 1. The molecule has 0 saturated carbocycles. The van der Waals surface area contributed by atoms with Gasteiger partial charge in [-0.15, -0.1) is 0 Å². The van der Waals surface area contributed by atoms with E-state index in [1.807, 2.05) is 0 Å². The molecule has 1 unspecified atom stereocenters. The Morgan fingerprint density at radius 1 is 1.50 bits per heavy atom. The van der Waals surface area contributed by atoms with E-state index in [9.17, 15) is 21.6 Å². The Bertz CT molecular complexity index is 580. The van der Waals surface area contributed by atoms with Gasteiger partial charge in [0.05, 0.1) is 23.7 Å². The number of hydrogen-bond acceptors (Lipinski definition) is 4. The maximum Gasteiger partial charge on any atom is 0.433 e. The van der Waals surface area contributed by atoms with Gasteiger partial charge >= 0.3 is 6.18 Å². The third-order valence-electron chi connectivity index (χ3n) is 3.26. The fourth-order valence-corrected chi connectivity index (χ4v) is 4.04. The van der Waals surface area contributed by atoms with Crippen LogP contribution in [0.15, 0.2) is 6.20 Å². The van der Waals surface area contributed by atoms with Gasteiger partial charge in [-0.25, -0.2) is 8.42 Å². The molecule has 1 aromatic rings. The Kier molecular flexibility index (Phi) is 4.10. The topological polar surface area (TPSA) is 64.0 Å². The van der Waals surface area contributed by atoms with Crippen LogP contribution in [0.3, 0.4) is 0 Å². The van der Waals surface area contributed by atoms with Crippen molar-refractivity contribution in [2.24, 2.45) is 0 Å². The highest BCUT2D eigenvalue weighted by molar-refractivity contribution is 7.91. The third kappa shape index (κ3) is 3.14. The molecule has 9 heteroatoms. The van der Waals surface area contributed by atoms with Gasteiger partial charge in [-0.2, -0.15) is 18.3 Å². The minimum atomic E-state index is -4.55. The lowest BCUT2D eigenvalue weighted by Crippen LogP contribution is -2.23. The molecular weight excluding hydrogens is 295 g/mol. The molecular formula is C11H16F3N3O2S. The van der Waals surface area contributed by atoms with Crippen LogP contribution in [-0.2, 0) is 22.6 Å². The van der Waals surface area contributed by atoms with Crippen LogP contribution in [0.2, 0.25) is 0 Å². The lowest BCUT2D eigenvalue weighted by atomic mass is 10.2. The smallest absolute Gasteiger partial charge is 0.313 e. The van der Waals surface area contributed by atoms with Gasteiger partial charge < -0.3 is 5.32 Å². The van der Waals surface area contributed by atoms with Crippen LogP contribution in [0.5, 0.6) is 0 Å². The molecule has 1 aliphatic heterocycles. The SMILES string of the molecule is CCNCc1cnn(C2CCS(=O)(=O)C2)c1C(F)(F)F. The number of sulfone groups is 1. The second kappa shape index (κ2) is 5.36. The van der Waals surface area contributed by atoms with Crippen molar-refractivity contribution in [3.63, 3.8) is 0 Å². The number of rotatable bonds is 4. The van der Waals surface area contributed by atoms with Crippen LogP contribution >= 0.6 is 0 Å². The molecule has 1 aliphatic rings. The van der Waals surface area contributed by atoms with Crippen molar-refractivity contribution < 1.29 is 21.6 Å². The molecule has 1 atom stereocenters. The van der Waals surface area contributed by atoms with Crippen molar-refractivity contribution in [2.45, 2.75) is 32.1 Å². The molecule has 0 amide bonds. The fourth-order valence-electron chi connectivity index (χ4n) is 2.34. The highest BCUT2D eigenvalue weighted by Gasteiger charge is 2.41. The van der Waals surface area contributed by atoms with Crippen LogP contribution in [0.25, 0.3) is 0 Å². The average molecular weight is 311 g/mol. The number of halogens is 3. The summed E-state index contributed by atoms with van der Waals surface area (Å²) in [5.74, 6) is -0.365. The molecule has 2 heterocycles. The van der Waals surface area contributed by atoms with E-state index in [4.69, 9.17) is 0 Å². The van der Waals surface area contributed by atoms with Gasteiger partial charge in [0, 0.05) is 12.1 Å². The summed E-state index contributed by atoms with van der Waals surface area (Å²) in [4.78, 5) is 0. The van der Waals surface area contributed by atoms with E-state index in [0.29, 0.717) is 6.54 Å². The van der Waals surface area contributed by atoms with Crippen molar-refractivity contribution in [3.8, 4) is 0 Å². The van der Waals surface area contributed by atoms with Gasteiger partial charge in [0.2, 0.25) is 0 Å². The number of alkyl halides is 3. The molecule has 5 nitrogen and oxygen atoms in total. The van der Waals surface area contributed by atoms with E-state index in [0.717, 1.165) is 10.9 Å². The highest BCUT2D eigenvalue weighted by Crippen LogP contribution is 2.36. The summed E-state index contributed by atoms with van der Waals surface area (Å²) in [6.07, 6.45) is -3.21. The van der Waals surface area contributed by atoms with E-state index >= 15 is 0 Å². The van der Waals surface area contributed by atoms with Gasteiger partial charge in [0.25, 0.3) is 0 Å². The Hall–Kier alpha value is -1.09. The first-order valence-corrected chi connectivity index (χ1v) is 8.11. The van der Waals surface area contributed by atoms with Gasteiger partial charge in [0.1, 0.15) is 5.69 Å². The minimum absolute atomic E-state index is 0.0450. The van der Waals surface area contributed by atoms with E-state index in [2.05, 4.69) is 10.4 Å². The first-order chi connectivity index (χ1) is 9.24. The zero-order valence-corrected chi connectivity index (χ0v) is 11.8. The van der Waals surface area contributed by atoms with E-state index in [-0.39, 0.29) is 30.0 Å². The van der Waals surface area contributed by atoms with Gasteiger partial charge in [-0.05, 0) is 13.0 Å². The first-order valence-electron chi connectivity index (χ1n) is 6.29. The molecule has 1 saturated heterocycles. The second-order valence-corrected chi connectivity index (χ2v) is 7.03. The molecule has 1 fully saturated rings. The number of nitrogens with one attached hydrogen (secondary N) is 1. The quantitative estimate of drug-likeness (QED) is 0.912. The minimum Gasteiger partial charge on any atom is -0.313 e. The molecule has 1 N–H and O–H groups in total. The van der Waals surface area contributed by atoms with Crippen LogP contribution in [0.1, 0.15) is 30.6 Å². The van der Waals surface area contributed by atoms with E-state index in [1.54, 1.807) is 6.92 Å². The largest absolute Gasteiger partial charge is 0.433 e. The van der Waals surface area contributed by atoms with Crippen molar-refractivity contribution in [3.05, 3.63) is 17.5 Å². The molecule has 0 spiro atoms. The van der Waals surface area contributed by atoms with Crippen LogP contribution in [-0.4, -0.2) is 36.2 Å². The third-order valence-corrected chi connectivity index (χ3v) is 5.01. The average Bonchev–Trinajstić information content (AvgIpc) is 2.88. The summed E-state index contributed by atoms with van der Waals surface area (Å²) in [5, 5.41) is 6.60. The molecule has 20 heavy (non-hydrogen) atoms. The molecule has 2 rings (SSSR count). The summed E-state index contributed by atoms with van der Waals surface area (Å²) < 4.78 is 63.2. The predicted octanol–water partition coefficient (Wildman–Crippen LogP) is 1.37. The van der Waals surface area contributed by atoms with Crippen LogP contribution < -0.4 is 5.32 Å². The number of nitrogens with zero attached hydrogens (tertiary/aromatic N) is 2. The Morgan fingerprint density at radius 3 is 2.70 bits per heavy atom. The molecule has 1 aromatic heterocycles. The summed E-state index contributed by atoms with van der Waals surface area (Å²) in [6.45, 7) is 2.40. The molecule has 0 radical (unpaired) electrons. The van der Waals surface area contributed by atoms with Crippen molar-refractivity contribution >= 4 is 9.84 Å². The molecule has 0 aliphatic carbocycles. The lowest BCUT2D eigenvalue weighted by Gasteiger charge is -2.16. The summed E-state index contributed by atoms with van der Waals surface area (Å²) in [5.41, 5.74) is -0.802. The zero-order chi connectivity index (χ0) is 15.0. The number of aromatic nitrogens is 2. The maximum atomic E-state index is 13.2. The zero-order valence-electron chi connectivity index (χ0n) is 10.9. The standard InChI is InChI=1S/C11H16F3N3O2S/c1-2-15-5-8-6-16-17(10(8)11(12,13)14)9-3-4-20(18,19)7-9/h6,9,15H,2-5,7H2,1H3.